The van der Waals surface area contributed by atoms with Crippen LogP contribution in [0.25, 0.3) is 0 Å². The topological polar surface area (TPSA) is 55.2 Å². The summed E-state index contributed by atoms with van der Waals surface area (Å²) in [4.78, 5) is 10.1. The lowest BCUT2D eigenvalue weighted by molar-refractivity contribution is -0.384. The van der Waals surface area contributed by atoms with Crippen LogP contribution in [0.1, 0.15) is 19.3 Å². The Labute approximate surface area is 127 Å². The van der Waals surface area contributed by atoms with Crippen LogP contribution in [-0.4, -0.2) is 23.5 Å². The summed E-state index contributed by atoms with van der Waals surface area (Å²) in [6.07, 6.45) is 5.43. The second-order valence-corrected chi connectivity index (χ2v) is 5.82. The third kappa shape index (κ3) is 5.47. The standard InChI is InChI=1S/C12H16Cl2N2O2S/c1-19-6-4-2-3-5-15-12-10(13)7-9(16(17)18)8-11(12)14/h7-8,15H,2-6H2,1H3. The van der Waals surface area contributed by atoms with Crippen LogP contribution in [0.2, 0.25) is 10.0 Å². The zero-order chi connectivity index (χ0) is 14.3. The zero-order valence-electron chi connectivity index (χ0n) is 10.6. The van der Waals surface area contributed by atoms with Crippen LogP contribution in [0.4, 0.5) is 11.4 Å². The van der Waals surface area contributed by atoms with Crippen molar-refractivity contribution in [3.05, 3.63) is 32.3 Å². The van der Waals surface area contributed by atoms with Crippen LogP contribution in [0.15, 0.2) is 12.1 Å². The first-order valence-corrected chi connectivity index (χ1v) is 8.07. The summed E-state index contributed by atoms with van der Waals surface area (Å²) in [5.41, 5.74) is 0.472. The summed E-state index contributed by atoms with van der Waals surface area (Å²) in [6, 6.07) is 2.62. The molecule has 0 spiro atoms. The number of rotatable bonds is 8. The summed E-state index contributed by atoms with van der Waals surface area (Å²) in [5.74, 6) is 1.17. The Bertz CT molecular complexity index is 421. The van der Waals surface area contributed by atoms with Gasteiger partial charge >= 0.3 is 0 Å². The van der Waals surface area contributed by atoms with Crippen molar-refractivity contribution in [1.82, 2.24) is 0 Å². The number of anilines is 1. The van der Waals surface area contributed by atoms with Crippen LogP contribution in [0.5, 0.6) is 0 Å². The van der Waals surface area contributed by atoms with Gasteiger partial charge in [-0.15, -0.1) is 0 Å². The Morgan fingerprint density at radius 2 is 1.89 bits per heavy atom. The maximum absolute atomic E-state index is 10.6. The Balaban J connectivity index is 2.52. The van der Waals surface area contributed by atoms with Crippen LogP contribution < -0.4 is 5.32 Å². The largest absolute Gasteiger partial charge is 0.383 e. The van der Waals surface area contributed by atoms with E-state index in [9.17, 15) is 10.1 Å². The van der Waals surface area contributed by atoms with Crippen molar-refractivity contribution in [2.45, 2.75) is 19.3 Å². The maximum Gasteiger partial charge on any atom is 0.272 e. The number of thioether (sulfide) groups is 1. The van der Waals surface area contributed by atoms with E-state index < -0.39 is 4.92 Å². The molecule has 0 unspecified atom stereocenters. The normalized spacial score (nSPS) is 10.5. The fourth-order valence-electron chi connectivity index (χ4n) is 1.60. The summed E-state index contributed by atoms with van der Waals surface area (Å²) >= 11 is 13.8. The summed E-state index contributed by atoms with van der Waals surface area (Å²) < 4.78 is 0. The molecule has 1 N–H and O–H groups in total. The van der Waals surface area contributed by atoms with E-state index in [1.807, 2.05) is 11.8 Å². The number of benzene rings is 1. The third-order valence-electron chi connectivity index (χ3n) is 2.56. The molecule has 106 valence electrons. The van der Waals surface area contributed by atoms with Crippen molar-refractivity contribution in [2.75, 3.05) is 23.9 Å². The number of nitro benzene ring substituents is 1. The molecular formula is C12H16Cl2N2O2S. The lowest BCUT2D eigenvalue weighted by Crippen LogP contribution is -2.03. The minimum atomic E-state index is -0.510. The van der Waals surface area contributed by atoms with Gasteiger partial charge in [0.05, 0.1) is 20.7 Å². The first-order valence-electron chi connectivity index (χ1n) is 5.92. The highest BCUT2D eigenvalue weighted by atomic mass is 35.5. The molecule has 0 amide bonds. The Hall–Kier alpha value is -0.650. The van der Waals surface area contributed by atoms with E-state index in [4.69, 9.17) is 23.2 Å². The molecule has 0 bridgehead atoms. The molecule has 0 aliphatic rings. The predicted octanol–water partition coefficient (Wildman–Crippen LogP) is 4.85. The van der Waals surface area contributed by atoms with E-state index in [-0.39, 0.29) is 15.7 Å². The molecular weight excluding hydrogens is 307 g/mol. The molecule has 0 radical (unpaired) electrons. The molecule has 0 aliphatic heterocycles. The van der Waals surface area contributed by atoms with Gasteiger partial charge in [-0.2, -0.15) is 11.8 Å². The lowest BCUT2D eigenvalue weighted by atomic mass is 10.2. The first-order chi connectivity index (χ1) is 9.06. The van der Waals surface area contributed by atoms with Crippen molar-refractivity contribution in [3.63, 3.8) is 0 Å². The Kier molecular flexibility index (Phi) is 7.34. The monoisotopic (exact) mass is 322 g/mol. The van der Waals surface area contributed by atoms with Crippen LogP contribution in [0.3, 0.4) is 0 Å². The highest BCUT2D eigenvalue weighted by Crippen LogP contribution is 2.34. The molecule has 0 aliphatic carbocycles. The van der Waals surface area contributed by atoms with Gasteiger partial charge in [-0.1, -0.05) is 29.6 Å². The zero-order valence-corrected chi connectivity index (χ0v) is 12.9. The minimum Gasteiger partial charge on any atom is -0.383 e. The second-order valence-electron chi connectivity index (χ2n) is 4.02. The van der Waals surface area contributed by atoms with E-state index >= 15 is 0 Å². The van der Waals surface area contributed by atoms with E-state index in [2.05, 4.69) is 11.6 Å². The average molecular weight is 323 g/mol. The molecule has 1 rings (SSSR count). The van der Waals surface area contributed by atoms with Gasteiger partial charge in [0.15, 0.2) is 0 Å². The van der Waals surface area contributed by atoms with Gasteiger partial charge in [0.2, 0.25) is 0 Å². The van der Waals surface area contributed by atoms with Gasteiger partial charge in [0, 0.05) is 18.7 Å². The number of non-ortho nitro benzene ring substituents is 1. The number of nitrogens with zero attached hydrogens (tertiary/aromatic N) is 1. The highest BCUT2D eigenvalue weighted by Gasteiger charge is 2.13. The number of hydrogen-bond donors (Lipinski definition) is 1. The van der Waals surface area contributed by atoms with Crippen molar-refractivity contribution in [3.8, 4) is 0 Å². The predicted molar refractivity (Wildman–Crippen MR) is 83.8 cm³/mol. The van der Waals surface area contributed by atoms with E-state index in [1.165, 1.54) is 24.3 Å². The van der Waals surface area contributed by atoms with Crippen LogP contribution in [0, 0.1) is 10.1 Å². The fraction of sp³-hybridized carbons (Fsp3) is 0.500. The average Bonchev–Trinajstić information content (AvgIpc) is 2.35. The highest BCUT2D eigenvalue weighted by molar-refractivity contribution is 7.98. The number of hydrogen-bond acceptors (Lipinski definition) is 4. The van der Waals surface area contributed by atoms with Crippen molar-refractivity contribution >= 4 is 46.3 Å². The summed E-state index contributed by atoms with van der Waals surface area (Å²) in [6.45, 7) is 0.756. The molecule has 1 aromatic carbocycles. The molecule has 1 aromatic rings. The molecule has 0 saturated heterocycles. The van der Waals surface area contributed by atoms with Gasteiger partial charge in [-0.25, -0.2) is 0 Å². The van der Waals surface area contributed by atoms with Gasteiger partial charge in [0.1, 0.15) is 0 Å². The lowest BCUT2D eigenvalue weighted by Gasteiger charge is -2.10. The van der Waals surface area contributed by atoms with Crippen LogP contribution in [-0.2, 0) is 0 Å². The molecule has 19 heavy (non-hydrogen) atoms. The summed E-state index contributed by atoms with van der Waals surface area (Å²) in [7, 11) is 0. The Morgan fingerprint density at radius 1 is 1.26 bits per heavy atom. The van der Waals surface area contributed by atoms with E-state index in [0.717, 1.165) is 19.4 Å². The second kappa shape index (κ2) is 8.51. The molecule has 0 fully saturated rings. The van der Waals surface area contributed by atoms with Gasteiger partial charge < -0.3 is 5.32 Å². The van der Waals surface area contributed by atoms with Crippen molar-refractivity contribution in [2.24, 2.45) is 0 Å². The van der Waals surface area contributed by atoms with Gasteiger partial charge in [-0.3, -0.25) is 10.1 Å². The minimum absolute atomic E-state index is 0.0967. The smallest absolute Gasteiger partial charge is 0.272 e. The van der Waals surface area contributed by atoms with Crippen LogP contribution >= 0.6 is 35.0 Å². The van der Waals surface area contributed by atoms with Crippen molar-refractivity contribution < 1.29 is 4.92 Å². The molecule has 0 saturated carbocycles. The number of halogens is 2. The van der Waals surface area contributed by atoms with Gasteiger partial charge in [0.25, 0.3) is 5.69 Å². The molecule has 0 atom stereocenters. The maximum atomic E-state index is 10.6. The molecule has 0 aromatic heterocycles. The SMILES string of the molecule is CSCCCCCNc1c(Cl)cc([N+](=O)[O-])cc1Cl. The summed E-state index contributed by atoms with van der Waals surface area (Å²) in [5, 5.41) is 14.3. The number of nitro groups is 1. The third-order valence-corrected chi connectivity index (χ3v) is 3.86. The molecule has 7 heteroatoms. The van der Waals surface area contributed by atoms with E-state index in [0.29, 0.717) is 5.69 Å². The molecule has 4 nitrogen and oxygen atoms in total. The van der Waals surface area contributed by atoms with E-state index in [1.54, 1.807) is 0 Å². The van der Waals surface area contributed by atoms with Gasteiger partial charge in [-0.05, 0) is 24.9 Å². The Morgan fingerprint density at radius 3 is 2.42 bits per heavy atom. The van der Waals surface area contributed by atoms with Crippen molar-refractivity contribution in [1.29, 1.82) is 0 Å². The quantitative estimate of drug-likeness (QED) is 0.422. The molecule has 0 heterocycles. The number of unbranched alkanes of at least 4 members (excludes halogenated alkanes) is 2. The fourth-order valence-corrected chi connectivity index (χ4v) is 2.70. The number of nitrogens with one attached hydrogen (secondary N) is 1. The first kappa shape index (κ1) is 16.4.